The number of carbonyl (C=O) groups excluding carboxylic acids is 2. The van der Waals surface area contributed by atoms with Crippen molar-refractivity contribution in [3.8, 4) is 0 Å². The zero-order chi connectivity index (χ0) is 12.1. The molecule has 84 valence electrons. The van der Waals surface area contributed by atoms with Crippen LogP contribution in [0.1, 0.15) is 15.9 Å². The Labute approximate surface area is 92.7 Å². The van der Waals surface area contributed by atoms with Gasteiger partial charge in [-0.25, -0.2) is 4.79 Å². The maximum absolute atomic E-state index is 11.3. The molecule has 0 aliphatic carbocycles. The van der Waals surface area contributed by atoms with E-state index in [1.165, 1.54) is 25.3 Å². The molecule has 0 radical (unpaired) electrons. The number of amides is 1. The van der Waals surface area contributed by atoms with Crippen molar-refractivity contribution in [1.29, 1.82) is 0 Å². The molecule has 0 aliphatic rings. The largest absolute Gasteiger partial charge is 0.465 e. The second-order valence-electron chi connectivity index (χ2n) is 3.12. The average molecular weight is 220 g/mol. The summed E-state index contributed by atoms with van der Waals surface area (Å²) in [5.74, 6) is -1.05. The van der Waals surface area contributed by atoms with Crippen molar-refractivity contribution < 1.29 is 14.3 Å². The van der Waals surface area contributed by atoms with Crippen LogP contribution in [0.15, 0.2) is 24.3 Å². The molecule has 1 aromatic carbocycles. The number of ether oxygens (including phenoxy) is 1. The van der Waals surface area contributed by atoms with Crippen molar-refractivity contribution in [2.24, 2.45) is 5.73 Å². The van der Waals surface area contributed by atoms with E-state index in [-0.39, 0.29) is 0 Å². The summed E-state index contributed by atoms with van der Waals surface area (Å²) in [5, 5.41) is 0. The van der Waals surface area contributed by atoms with Gasteiger partial charge >= 0.3 is 5.97 Å². The standard InChI is InChI=1S/C11H12N2O3/c1-16-11(15)8-4-7(2-3-10(13)14)5-9(12)6-8/h2-6H,12H2,1H3,(H2,13,14). The second kappa shape index (κ2) is 4.97. The lowest BCUT2D eigenvalue weighted by molar-refractivity contribution is -0.113. The number of hydrogen-bond acceptors (Lipinski definition) is 4. The molecule has 0 heterocycles. The number of carbonyl (C=O) groups is 2. The Morgan fingerprint density at radius 1 is 1.31 bits per heavy atom. The third-order valence-corrected chi connectivity index (χ3v) is 1.84. The van der Waals surface area contributed by atoms with Gasteiger partial charge in [-0.2, -0.15) is 0 Å². The molecule has 16 heavy (non-hydrogen) atoms. The number of hydrogen-bond donors (Lipinski definition) is 2. The van der Waals surface area contributed by atoms with E-state index in [9.17, 15) is 9.59 Å². The molecule has 1 rings (SSSR count). The smallest absolute Gasteiger partial charge is 0.337 e. The van der Waals surface area contributed by atoms with E-state index in [0.717, 1.165) is 0 Å². The Morgan fingerprint density at radius 2 is 2.00 bits per heavy atom. The van der Waals surface area contributed by atoms with Crippen molar-refractivity contribution in [2.45, 2.75) is 0 Å². The van der Waals surface area contributed by atoms with Crippen molar-refractivity contribution in [3.63, 3.8) is 0 Å². The molecule has 0 atom stereocenters. The van der Waals surface area contributed by atoms with Crippen molar-refractivity contribution >= 4 is 23.6 Å². The number of rotatable bonds is 3. The Balaban J connectivity index is 3.08. The van der Waals surface area contributed by atoms with Crippen LogP contribution in [0.5, 0.6) is 0 Å². The first-order valence-electron chi connectivity index (χ1n) is 4.49. The lowest BCUT2D eigenvalue weighted by atomic mass is 10.1. The van der Waals surface area contributed by atoms with Gasteiger partial charge in [-0.3, -0.25) is 4.79 Å². The Hall–Kier alpha value is -2.30. The summed E-state index contributed by atoms with van der Waals surface area (Å²) in [6.07, 6.45) is 2.67. The van der Waals surface area contributed by atoms with Gasteiger partial charge in [0.2, 0.25) is 5.91 Å². The minimum Gasteiger partial charge on any atom is -0.465 e. The summed E-state index contributed by atoms with van der Waals surface area (Å²) in [7, 11) is 1.28. The van der Waals surface area contributed by atoms with Crippen LogP contribution in [0.25, 0.3) is 6.08 Å². The first kappa shape index (κ1) is 11.8. The first-order valence-corrected chi connectivity index (χ1v) is 4.49. The van der Waals surface area contributed by atoms with E-state index >= 15 is 0 Å². The van der Waals surface area contributed by atoms with Crippen LogP contribution < -0.4 is 11.5 Å². The number of esters is 1. The molecular weight excluding hydrogens is 208 g/mol. The molecule has 0 spiro atoms. The van der Waals surface area contributed by atoms with Gasteiger partial charge in [0, 0.05) is 11.8 Å². The fourth-order valence-electron chi connectivity index (χ4n) is 1.19. The normalized spacial score (nSPS) is 10.3. The summed E-state index contributed by atoms with van der Waals surface area (Å²) < 4.78 is 4.56. The van der Waals surface area contributed by atoms with Gasteiger partial charge in [0.15, 0.2) is 0 Å². The summed E-state index contributed by atoms with van der Waals surface area (Å²) in [5.41, 5.74) is 11.9. The van der Waals surface area contributed by atoms with Crippen molar-refractivity contribution in [1.82, 2.24) is 0 Å². The van der Waals surface area contributed by atoms with Gasteiger partial charge in [0.25, 0.3) is 0 Å². The minimum atomic E-state index is -0.568. The van der Waals surface area contributed by atoms with Gasteiger partial charge < -0.3 is 16.2 Å². The van der Waals surface area contributed by atoms with E-state index in [0.29, 0.717) is 16.8 Å². The molecule has 5 nitrogen and oxygen atoms in total. The first-order chi connectivity index (χ1) is 7.52. The topological polar surface area (TPSA) is 95.4 Å². The van der Waals surface area contributed by atoms with Crippen LogP contribution in [0.2, 0.25) is 0 Å². The second-order valence-corrected chi connectivity index (χ2v) is 3.12. The lowest BCUT2D eigenvalue weighted by Crippen LogP contribution is -2.05. The monoisotopic (exact) mass is 220 g/mol. The highest BCUT2D eigenvalue weighted by atomic mass is 16.5. The molecule has 4 N–H and O–H groups in total. The number of anilines is 1. The molecule has 1 amide bonds. The van der Waals surface area contributed by atoms with Gasteiger partial charge in [0.1, 0.15) is 0 Å². The molecule has 5 heteroatoms. The summed E-state index contributed by atoms with van der Waals surface area (Å²) >= 11 is 0. The van der Waals surface area contributed by atoms with Crippen LogP contribution in [0.3, 0.4) is 0 Å². The molecule has 0 bridgehead atoms. The highest BCUT2D eigenvalue weighted by Crippen LogP contribution is 2.14. The predicted octanol–water partition coefficient (Wildman–Crippen LogP) is 0.554. The Morgan fingerprint density at radius 3 is 2.56 bits per heavy atom. The zero-order valence-corrected chi connectivity index (χ0v) is 8.77. The van der Waals surface area contributed by atoms with E-state index in [1.807, 2.05) is 0 Å². The molecule has 0 unspecified atom stereocenters. The number of methoxy groups -OCH3 is 1. The third-order valence-electron chi connectivity index (χ3n) is 1.84. The van der Waals surface area contributed by atoms with E-state index < -0.39 is 11.9 Å². The summed E-state index contributed by atoms with van der Waals surface area (Å²) in [6.45, 7) is 0. The van der Waals surface area contributed by atoms with Crippen LogP contribution in [0.4, 0.5) is 5.69 Å². The third kappa shape index (κ3) is 3.13. The lowest BCUT2D eigenvalue weighted by Gasteiger charge is -2.02. The molecule has 0 aliphatic heterocycles. The molecule has 0 fully saturated rings. The molecular formula is C11H12N2O3. The highest BCUT2D eigenvalue weighted by molar-refractivity contribution is 5.93. The maximum atomic E-state index is 11.3. The average Bonchev–Trinajstić information content (AvgIpc) is 2.24. The fourth-order valence-corrected chi connectivity index (χ4v) is 1.19. The Bertz CT molecular complexity index is 453. The molecule has 1 aromatic rings. The van der Waals surface area contributed by atoms with Crippen LogP contribution in [0, 0.1) is 0 Å². The predicted molar refractivity (Wildman–Crippen MR) is 60.4 cm³/mol. The summed E-state index contributed by atoms with van der Waals surface area (Å²) in [4.78, 5) is 21.8. The number of primary amides is 1. The fraction of sp³-hybridized carbons (Fsp3) is 0.0909. The van der Waals surface area contributed by atoms with Gasteiger partial charge in [-0.15, -0.1) is 0 Å². The van der Waals surface area contributed by atoms with Crippen molar-refractivity contribution in [3.05, 3.63) is 35.4 Å². The minimum absolute atomic E-state index is 0.326. The van der Waals surface area contributed by atoms with E-state index in [2.05, 4.69) is 4.74 Å². The van der Waals surface area contributed by atoms with Gasteiger partial charge in [-0.05, 0) is 29.8 Å². The summed E-state index contributed by atoms with van der Waals surface area (Å²) in [6, 6.07) is 4.67. The quantitative estimate of drug-likeness (QED) is 0.442. The molecule has 0 saturated carbocycles. The molecule has 0 aromatic heterocycles. The maximum Gasteiger partial charge on any atom is 0.337 e. The number of benzene rings is 1. The number of nitrogens with two attached hydrogens (primary N) is 2. The number of nitrogen functional groups attached to an aromatic ring is 1. The Kier molecular flexibility index (Phi) is 3.66. The SMILES string of the molecule is COC(=O)c1cc(N)cc(C=CC(N)=O)c1. The van der Waals surface area contributed by atoms with E-state index in [1.54, 1.807) is 12.1 Å². The zero-order valence-electron chi connectivity index (χ0n) is 8.77. The van der Waals surface area contributed by atoms with Gasteiger partial charge in [-0.1, -0.05) is 0 Å². The van der Waals surface area contributed by atoms with Gasteiger partial charge in [0.05, 0.1) is 12.7 Å². The van der Waals surface area contributed by atoms with Crippen LogP contribution >= 0.6 is 0 Å². The van der Waals surface area contributed by atoms with Crippen LogP contribution in [-0.4, -0.2) is 19.0 Å². The highest BCUT2D eigenvalue weighted by Gasteiger charge is 2.06. The molecule has 0 saturated heterocycles. The van der Waals surface area contributed by atoms with Crippen molar-refractivity contribution in [2.75, 3.05) is 12.8 Å². The van der Waals surface area contributed by atoms with Crippen LogP contribution in [-0.2, 0) is 9.53 Å². The van der Waals surface area contributed by atoms with E-state index in [4.69, 9.17) is 11.5 Å².